The van der Waals surface area contributed by atoms with Gasteiger partial charge in [-0.3, -0.25) is 4.90 Å². The summed E-state index contributed by atoms with van der Waals surface area (Å²) < 4.78 is 18.3. The van der Waals surface area contributed by atoms with Crippen LogP contribution < -0.4 is 10.1 Å². The minimum atomic E-state index is -0.225. The first-order valence-corrected chi connectivity index (χ1v) is 6.59. The lowest BCUT2D eigenvalue weighted by atomic mass is 10.2. The molecule has 1 N–H and O–H groups in total. The van der Waals surface area contributed by atoms with E-state index in [1.165, 1.54) is 12.1 Å². The third-order valence-corrected chi connectivity index (χ3v) is 3.31. The highest BCUT2D eigenvalue weighted by Gasteiger charge is 2.16. The van der Waals surface area contributed by atoms with Crippen LogP contribution in [0, 0.1) is 5.82 Å². The van der Waals surface area contributed by atoms with E-state index < -0.39 is 0 Å². The van der Waals surface area contributed by atoms with Gasteiger partial charge in [-0.25, -0.2) is 4.39 Å². The Morgan fingerprint density at radius 2 is 2.17 bits per heavy atom. The molecule has 4 heteroatoms. The first-order chi connectivity index (χ1) is 8.75. The summed E-state index contributed by atoms with van der Waals surface area (Å²) in [7, 11) is 0. The number of hydrogen-bond acceptors (Lipinski definition) is 3. The van der Waals surface area contributed by atoms with E-state index in [1.54, 1.807) is 12.1 Å². The van der Waals surface area contributed by atoms with Gasteiger partial charge in [0.05, 0.1) is 6.61 Å². The SMILES string of the molecule is C[C@@H]1CNCCN1CCCOc1ccc(F)cc1. The Balaban J connectivity index is 1.65. The molecule has 1 fully saturated rings. The standard InChI is InChI=1S/C14H21FN2O/c1-12-11-16-7-9-17(12)8-2-10-18-14-5-3-13(15)4-6-14/h3-6,12,16H,2,7-11H2,1H3/t12-/m1/s1. The topological polar surface area (TPSA) is 24.5 Å². The largest absolute Gasteiger partial charge is 0.494 e. The molecule has 1 aliphatic rings. The fourth-order valence-electron chi connectivity index (χ4n) is 2.20. The predicted octanol–water partition coefficient (Wildman–Crippen LogP) is 1.89. The predicted molar refractivity (Wildman–Crippen MR) is 70.4 cm³/mol. The maximum Gasteiger partial charge on any atom is 0.123 e. The van der Waals surface area contributed by atoms with E-state index in [0.717, 1.165) is 38.3 Å². The number of hydrogen-bond donors (Lipinski definition) is 1. The molecule has 1 atom stereocenters. The van der Waals surface area contributed by atoms with Crippen LogP contribution in [0.4, 0.5) is 4.39 Å². The summed E-state index contributed by atoms with van der Waals surface area (Å²) in [6, 6.07) is 6.79. The lowest BCUT2D eigenvalue weighted by molar-refractivity contribution is 0.160. The van der Waals surface area contributed by atoms with E-state index >= 15 is 0 Å². The van der Waals surface area contributed by atoms with Gasteiger partial charge in [0.15, 0.2) is 0 Å². The average Bonchev–Trinajstić information content (AvgIpc) is 2.39. The van der Waals surface area contributed by atoms with Gasteiger partial charge in [0, 0.05) is 32.2 Å². The number of piperazine rings is 1. The summed E-state index contributed by atoms with van der Waals surface area (Å²) in [6.45, 7) is 7.24. The molecule has 0 spiro atoms. The summed E-state index contributed by atoms with van der Waals surface area (Å²) in [6.07, 6.45) is 1.00. The fourth-order valence-corrected chi connectivity index (χ4v) is 2.20. The molecule has 1 aliphatic heterocycles. The quantitative estimate of drug-likeness (QED) is 0.810. The molecule has 0 bridgehead atoms. The number of nitrogens with one attached hydrogen (secondary N) is 1. The molecule has 100 valence electrons. The summed E-state index contributed by atoms with van der Waals surface area (Å²) in [5.74, 6) is 0.516. The number of halogens is 1. The second kappa shape index (κ2) is 6.71. The van der Waals surface area contributed by atoms with Crippen LogP contribution in [0.5, 0.6) is 5.75 Å². The zero-order valence-electron chi connectivity index (χ0n) is 10.9. The second-order valence-electron chi connectivity index (χ2n) is 4.75. The Labute approximate surface area is 108 Å². The van der Waals surface area contributed by atoms with Crippen LogP contribution in [0.25, 0.3) is 0 Å². The molecule has 0 aliphatic carbocycles. The minimum absolute atomic E-state index is 0.225. The van der Waals surface area contributed by atoms with Crippen molar-refractivity contribution in [3.05, 3.63) is 30.1 Å². The van der Waals surface area contributed by atoms with Crippen LogP contribution in [0.15, 0.2) is 24.3 Å². The van der Waals surface area contributed by atoms with Crippen LogP contribution in [0.2, 0.25) is 0 Å². The van der Waals surface area contributed by atoms with Crippen molar-refractivity contribution in [2.45, 2.75) is 19.4 Å². The highest BCUT2D eigenvalue weighted by atomic mass is 19.1. The molecule has 0 aromatic heterocycles. The minimum Gasteiger partial charge on any atom is -0.494 e. The Kier molecular flexibility index (Phi) is 4.96. The Bertz CT molecular complexity index is 355. The average molecular weight is 252 g/mol. The van der Waals surface area contributed by atoms with Gasteiger partial charge in [-0.2, -0.15) is 0 Å². The lowest BCUT2D eigenvalue weighted by Crippen LogP contribution is -2.50. The normalized spacial score (nSPS) is 20.9. The monoisotopic (exact) mass is 252 g/mol. The van der Waals surface area contributed by atoms with Gasteiger partial charge in [-0.15, -0.1) is 0 Å². The Hall–Kier alpha value is -1.13. The summed E-state index contributed by atoms with van der Waals surface area (Å²) >= 11 is 0. The second-order valence-corrected chi connectivity index (χ2v) is 4.75. The summed E-state index contributed by atoms with van der Waals surface area (Å²) in [4.78, 5) is 2.48. The van der Waals surface area contributed by atoms with Gasteiger partial charge in [-0.1, -0.05) is 0 Å². The maximum atomic E-state index is 12.7. The third-order valence-electron chi connectivity index (χ3n) is 3.31. The molecule has 1 aromatic rings. The van der Waals surface area contributed by atoms with Crippen LogP contribution in [-0.2, 0) is 0 Å². The molecule has 0 amide bonds. The van der Waals surface area contributed by atoms with E-state index in [9.17, 15) is 4.39 Å². The third kappa shape index (κ3) is 3.96. The highest BCUT2D eigenvalue weighted by Crippen LogP contribution is 2.11. The highest BCUT2D eigenvalue weighted by molar-refractivity contribution is 5.21. The van der Waals surface area contributed by atoms with Crippen LogP contribution >= 0.6 is 0 Å². The maximum absolute atomic E-state index is 12.7. The van der Waals surface area contributed by atoms with Crippen LogP contribution in [0.1, 0.15) is 13.3 Å². The molecule has 0 saturated carbocycles. The molecule has 1 saturated heterocycles. The number of rotatable bonds is 5. The lowest BCUT2D eigenvalue weighted by Gasteiger charge is -2.33. The smallest absolute Gasteiger partial charge is 0.123 e. The molecule has 3 nitrogen and oxygen atoms in total. The Morgan fingerprint density at radius 1 is 1.39 bits per heavy atom. The van der Waals surface area contributed by atoms with Crippen LogP contribution in [-0.4, -0.2) is 43.7 Å². The van der Waals surface area contributed by atoms with Crippen molar-refractivity contribution in [2.24, 2.45) is 0 Å². The molecule has 1 heterocycles. The molecule has 0 unspecified atom stereocenters. The van der Waals surface area contributed by atoms with Crippen molar-refractivity contribution >= 4 is 0 Å². The molecular weight excluding hydrogens is 231 g/mol. The van der Waals surface area contributed by atoms with Gasteiger partial charge < -0.3 is 10.1 Å². The molecular formula is C14H21FN2O. The van der Waals surface area contributed by atoms with Crippen molar-refractivity contribution in [3.63, 3.8) is 0 Å². The van der Waals surface area contributed by atoms with Gasteiger partial charge >= 0.3 is 0 Å². The first kappa shape index (κ1) is 13.3. The summed E-state index contributed by atoms with van der Waals surface area (Å²) in [5.41, 5.74) is 0. The van der Waals surface area contributed by atoms with E-state index in [2.05, 4.69) is 17.1 Å². The zero-order chi connectivity index (χ0) is 12.8. The number of benzene rings is 1. The molecule has 18 heavy (non-hydrogen) atoms. The van der Waals surface area contributed by atoms with Gasteiger partial charge in [0.25, 0.3) is 0 Å². The van der Waals surface area contributed by atoms with Gasteiger partial charge in [0.2, 0.25) is 0 Å². The van der Waals surface area contributed by atoms with Crippen molar-refractivity contribution < 1.29 is 9.13 Å². The van der Waals surface area contributed by atoms with Gasteiger partial charge in [0.1, 0.15) is 11.6 Å². The Morgan fingerprint density at radius 3 is 2.89 bits per heavy atom. The van der Waals surface area contributed by atoms with Crippen molar-refractivity contribution in [1.29, 1.82) is 0 Å². The van der Waals surface area contributed by atoms with Crippen molar-refractivity contribution in [2.75, 3.05) is 32.8 Å². The molecule has 1 aromatic carbocycles. The van der Waals surface area contributed by atoms with E-state index in [0.29, 0.717) is 12.6 Å². The first-order valence-electron chi connectivity index (χ1n) is 6.59. The van der Waals surface area contributed by atoms with E-state index in [-0.39, 0.29) is 5.82 Å². The zero-order valence-corrected chi connectivity index (χ0v) is 10.9. The van der Waals surface area contributed by atoms with Crippen LogP contribution in [0.3, 0.4) is 0 Å². The molecule has 2 rings (SSSR count). The molecule has 0 radical (unpaired) electrons. The van der Waals surface area contributed by atoms with Gasteiger partial charge in [-0.05, 0) is 37.6 Å². The number of nitrogens with zero attached hydrogens (tertiary/aromatic N) is 1. The van der Waals surface area contributed by atoms with Crippen molar-refractivity contribution in [1.82, 2.24) is 10.2 Å². The fraction of sp³-hybridized carbons (Fsp3) is 0.571. The van der Waals surface area contributed by atoms with E-state index in [1.807, 2.05) is 0 Å². The van der Waals surface area contributed by atoms with Crippen molar-refractivity contribution in [3.8, 4) is 5.75 Å². The number of ether oxygens (including phenoxy) is 1. The summed E-state index contributed by atoms with van der Waals surface area (Å²) in [5, 5.41) is 3.38. The van der Waals surface area contributed by atoms with E-state index in [4.69, 9.17) is 4.74 Å².